The molecule has 0 amide bonds. The Morgan fingerprint density at radius 3 is 2.86 bits per heavy atom. The summed E-state index contributed by atoms with van der Waals surface area (Å²) in [5, 5.41) is 8.59. The Morgan fingerprint density at radius 1 is 1.50 bits per heavy atom. The van der Waals surface area contributed by atoms with Crippen LogP contribution in [0.3, 0.4) is 0 Å². The maximum absolute atomic E-state index is 13.1. The molecule has 0 heterocycles. The molecular formula is C9H11FINOS. The number of aliphatic hydroxyl groups excluding tert-OH is 1. The second kappa shape index (κ2) is 5.77. The third-order valence-corrected chi connectivity index (χ3v) is 3.60. The van der Waals surface area contributed by atoms with E-state index in [1.165, 1.54) is 17.8 Å². The van der Waals surface area contributed by atoms with Crippen molar-refractivity contribution in [1.82, 2.24) is 0 Å². The van der Waals surface area contributed by atoms with Gasteiger partial charge in [-0.05, 0) is 41.1 Å². The molecule has 0 unspecified atom stereocenters. The first kappa shape index (κ1) is 12.1. The maximum Gasteiger partial charge on any atom is 0.137 e. The second-order valence-corrected chi connectivity index (χ2v) is 5.03. The van der Waals surface area contributed by atoms with Gasteiger partial charge in [-0.25, -0.2) is 4.39 Å². The molecule has 0 aliphatic heterocycles. The molecule has 0 spiro atoms. The van der Waals surface area contributed by atoms with E-state index >= 15 is 0 Å². The lowest BCUT2D eigenvalue weighted by atomic mass is 10.3. The summed E-state index contributed by atoms with van der Waals surface area (Å²) in [6.45, 7) is 0.153. The van der Waals surface area contributed by atoms with Gasteiger partial charge in [0.1, 0.15) is 5.82 Å². The smallest absolute Gasteiger partial charge is 0.137 e. The molecule has 1 aromatic rings. The van der Waals surface area contributed by atoms with Gasteiger partial charge in [0, 0.05) is 22.9 Å². The van der Waals surface area contributed by atoms with E-state index in [1.54, 1.807) is 6.07 Å². The summed E-state index contributed by atoms with van der Waals surface area (Å²) in [5.41, 5.74) is 6.31. The van der Waals surface area contributed by atoms with E-state index in [1.807, 2.05) is 22.6 Å². The van der Waals surface area contributed by atoms with Crippen molar-refractivity contribution < 1.29 is 9.50 Å². The highest BCUT2D eigenvalue weighted by molar-refractivity contribution is 14.1. The minimum atomic E-state index is -0.244. The molecule has 1 rings (SSSR count). The Bertz CT molecular complexity index is 322. The molecule has 0 radical (unpaired) electrons. The minimum absolute atomic E-state index is 0.153. The Morgan fingerprint density at radius 2 is 2.21 bits per heavy atom. The Balaban J connectivity index is 2.72. The van der Waals surface area contributed by atoms with Crippen LogP contribution in [0.5, 0.6) is 0 Å². The fourth-order valence-electron chi connectivity index (χ4n) is 0.916. The summed E-state index contributed by atoms with van der Waals surface area (Å²) in [5.74, 6) is 0.507. The molecule has 0 atom stereocenters. The summed E-state index contributed by atoms with van der Waals surface area (Å²) in [4.78, 5) is 0.747. The van der Waals surface area contributed by atoms with Gasteiger partial charge in [0.05, 0.1) is 3.57 Å². The summed E-state index contributed by atoms with van der Waals surface area (Å²) in [6.07, 6.45) is 0.692. The first-order valence-electron chi connectivity index (χ1n) is 4.13. The molecule has 0 saturated heterocycles. The minimum Gasteiger partial charge on any atom is -0.398 e. The topological polar surface area (TPSA) is 46.2 Å². The molecule has 5 heteroatoms. The van der Waals surface area contributed by atoms with Crippen LogP contribution in [0.4, 0.5) is 10.1 Å². The largest absolute Gasteiger partial charge is 0.398 e. The van der Waals surface area contributed by atoms with Gasteiger partial charge < -0.3 is 10.8 Å². The molecule has 0 aliphatic carbocycles. The van der Waals surface area contributed by atoms with Gasteiger partial charge in [0.2, 0.25) is 0 Å². The van der Waals surface area contributed by atoms with Crippen molar-refractivity contribution in [2.75, 3.05) is 18.1 Å². The fraction of sp³-hybridized carbons (Fsp3) is 0.333. The Kier molecular flexibility index (Phi) is 4.97. The number of hydrogen-bond donors (Lipinski definition) is 2. The van der Waals surface area contributed by atoms with Crippen LogP contribution < -0.4 is 5.73 Å². The third kappa shape index (κ3) is 3.29. The summed E-state index contributed by atoms with van der Waals surface area (Å²) >= 11 is 3.37. The Labute approximate surface area is 100 Å². The van der Waals surface area contributed by atoms with Gasteiger partial charge in [0.15, 0.2) is 0 Å². The third-order valence-electron chi connectivity index (χ3n) is 1.61. The number of hydrogen-bond acceptors (Lipinski definition) is 3. The molecule has 3 N–H and O–H groups in total. The molecular weight excluding hydrogens is 316 g/mol. The highest BCUT2D eigenvalue weighted by atomic mass is 127. The zero-order valence-electron chi connectivity index (χ0n) is 7.46. The highest BCUT2D eigenvalue weighted by Gasteiger charge is 2.05. The van der Waals surface area contributed by atoms with Gasteiger partial charge in [-0.15, -0.1) is 11.8 Å². The van der Waals surface area contributed by atoms with Gasteiger partial charge in [-0.3, -0.25) is 0 Å². The van der Waals surface area contributed by atoms with Crippen molar-refractivity contribution in [2.45, 2.75) is 11.3 Å². The van der Waals surface area contributed by atoms with Gasteiger partial charge in [-0.1, -0.05) is 0 Å². The van der Waals surface area contributed by atoms with E-state index in [0.717, 1.165) is 10.6 Å². The van der Waals surface area contributed by atoms with Crippen LogP contribution in [0, 0.1) is 9.39 Å². The molecule has 0 saturated carbocycles. The van der Waals surface area contributed by atoms with Crippen LogP contribution in [0.25, 0.3) is 0 Å². The van der Waals surface area contributed by atoms with E-state index < -0.39 is 0 Å². The maximum atomic E-state index is 13.1. The molecule has 78 valence electrons. The van der Waals surface area contributed by atoms with Crippen LogP contribution in [-0.4, -0.2) is 17.5 Å². The number of rotatable bonds is 4. The van der Waals surface area contributed by atoms with E-state index in [0.29, 0.717) is 15.7 Å². The van der Waals surface area contributed by atoms with Crippen molar-refractivity contribution in [2.24, 2.45) is 0 Å². The molecule has 0 aromatic heterocycles. The average molecular weight is 327 g/mol. The summed E-state index contributed by atoms with van der Waals surface area (Å²) in [6, 6.07) is 3.07. The summed E-state index contributed by atoms with van der Waals surface area (Å²) in [7, 11) is 0. The molecule has 14 heavy (non-hydrogen) atoms. The van der Waals surface area contributed by atoms with Crippen molar-refractivity contribution in [3.05, 3.63) is 21.5 Å². The number of benzene rings is 1. The van der Waals surface area contributed by atoms with Gasteiger partial charge in [0.25, 0.3) is 0 Å². The highest BCUT2D eigenvalue weighted by Crippen LogP contribution is 2.28. The molecule has 0 bridgehead atoms. The molecule has 0 fully saturated rings. The quantitative estimate of drug-likeness (QED) is 0.387. The monoisotopic (exact) mass is 327 g/mol. The van der Waals surface area contributed by atoms with E-state index in [2.05, 4.69) is 0 Å². The predicted molar refractivity (Wildman–Crippen MR) is 66.0 cm³/mol. The lowest BCUT2D eigenvalue weighted by Gasteiger charge is -2.06. The summed E-state index contributed by atoms with van der Waals surface area (Å²) < 4.78 is 13.7. The van der Waals surface area contributed by atoms with Crippen LogP contribution in [-0.2, 0) is 0 Å². The van der Waals surface area contributed by atoms with Crippen molar-refractivity contribution >= 4 is 40.0 Å². The molecule has 0 aliphatic rings. The van der Waals surface area contributed by atoms with Crippen molar-refractivity contribution in [3.63, 3.8) is 0 Å². The van der Waals surface area contributed by atoms with Gasteiger partial charge in [-0.2, -0.15) is 0 Å². The number of aliphatic hydroxyl groups is 1. The van der Waals surface area contributed by atoms with Gasteiger partial charge >= 0.3 is 0 Å². The van der Waals surface area contributed by atoms with E-state index in [9.17, 15) is 4.39 Å². The lowest BCUT2D eigenvalue weighted by Crippen LogP contribution is -1.94. The molecule has 2 nitrogen and oxygen atoms in total. The fourth-order valence-corrected chi connectivity index (χ4v) is 2.31. The van der Waals surface area contributed by atoms with Crippen LogP contribution in [0.15, 0.2) is 17.0 Å². The first-order chi connectivity index (χ1) is 6.65. The van der Waals surface area contributed by atoms with E-state index in [-0.39, 0.29) is 12.4 Å². The lowest BCUT2D eigenvalue weighted by molar-refractivity contribution is 0.296. The standard InChI is InChI=1S/C9H11FINOS/c10-6-4-9(14-3-1-2-13)8(12)5-7(6)11/h4-5,13H,1-3,12H2. The zero-order chi connectivity index (χ0) is 10.6. The number of halogens is 2. The normalized spacial score (nSPS) is 10.5. The van der Waals surface area contributed by atoms with Crippen molar-refractivity contribution in [3.8, 4) is 0 Å². The predicted octanol–water partition coefficient (Wildman–Crippen LogP) is 2.49. The molecule has 1 aromatic carbocycles. The average Bonchev–Trinajstić information content (AvgIpc) is 2.14. The Hall–Kier alpha value is -0.0100. The number of nitrogen functional groups attached to an aromatic ring is 1. The van der Waals surface area contributed by atoms with Crippen LogP contribution in [0.1, 0.15) is 6.42 Å². The number of nitrogens with two attached hydrogens (primary N) is 1. The SMILES string of the molecule is Nc1cc(I)c(F)cc1SCCCO. The van der Waals surface area contributed by atoms with E-state index in [4.69, 9.17) is 10.8 Å². The van der Waals surface area contributed by atoms with Crippen molar-refractivity contribution in [1.29, 1.82) is 0 Å². The zero-order valence-corrected chi connectivity index (χ0v) is 10.4. The number of anilines is 1. The number of thioether (sulfide) groups is 1. The van der Waals surface area contributed by atoms with Crippen LogP contribution >= 0.6 is 34.4 Å². The second-order valence-electron chi connectivity index (χ2n) is 2.73. The first-order valence-corrected chi connectivity index (χ1v) is 6.19. The van der Waals surface area contributed by atoms with Crippen LogP contribution in [0.2, 0.25) is 0 Å².